The minimum absolute atomic E-state index is 0.412. The van der Waals surface area contributed by atoms with Crippen LogP contribution in [0.2, 0.25) is 0 Å². The topological polar surface area (TPSA) is 50.2 Å². The average molecular weight is 214 g/mol. The number of hydrazone groups is 1. The first kappa shape index (κ1) is 10.5. The standard InChI is InChI=1S/C12H14N4/c1-9(2)7-13-15-12-11-6-4-3-5-10(11)8-14-16-12/h3-9H,1-2H3,(H,15,16)/b13-7+. The lowest BCUT2D eigenvalue weighted by Crippen LogP contribution is -1.98. The van der Waals surface area contributed by atoms with Crippen molar-refractivity contribution in [3.63, 3.8) is 0 Å². The normalized spacial score (nSPS) is 11.4. The average Bonchev–Trinajstić information content (AvgIpc) is 2.29. The van der Waals surface area contributed by atoms with Crippen molar-refractivity contribution in [2.24, 2.45) is 11.0 Å². The number of fused-ring (bicyclic) bond motifs is 1. The van der Waals surface area contributed by atoms with Crippen LogP contribution in [-0.4, -0.2) is 16.4 Å². The number of hydrogen-bond acceptors (Lipinski definition) is 4. The molecule has 4 heteroatoms. The Kier molecular flexibility index (Phi) is 3.10. The zero-order valence-electron chi connectivity index (χ0n) is 9.38. The lowest BCUT2D eigenvalue weighted by Gasteiger charge is -2.03. The Morgan fingerprint density at radius 3 is 2.94 bits per heavy atom. The molecule has 0 aliphatic carbocycles. The molecule has 0 fully saturated rings. The smallest absolute Gasteiger partial charge is 0.176 e. The van der Waals surface area contributed by atoms with Crippen molar-refractivity contribution in [3.05, 3.63) is 30.5 Å². The number of benzene rings is 1. The number of rotatable bonds is 3. The van der Waals surface area contributed by atoms with E-state index < -0.39 is 0 Å². The number of aromatic nitrogens is 2. The summed E-state index contributed by atoms with van der Waals surface area (Å²) in [6.07, 6.45) is 3.58. The highest BCUT2D eigenvalue weighted by Crippen LogP contribution is 2.18. The quantitative estimate of drug-likeness (QED) is 0.631. The molecule has 0 unspecified atom stereocenters. The summed E-state index contributed by atoms with van der Waals surface area (Å²) in [7, 11) is 0. The Hall–Kier alpha value is -1.97. The SMILES string of the molecule is CC(C)/C=N/Nc1nncc2ccccc12. The van der Waals surface area contributed by atoms with Gasteiger partial charge in [0, 0.05) is 17.0 Å². The lowest BCUT2D eigenvalue weighted by molar-refractivity contribution is 0.902. The molecule has 2 aromatic rings. The fourth-order valence-corrected chi connectivity index (χ4v) is 1.36. The van der Waals surface area contributed by atoms with Crippen LogP contribution in [0.3, 0.4) is 0 Å². The molecule has 16 heavy (non-hydrogen) atoms. The largest absolute Gasteiger partial charge is 0.260 e. The summed E-state index contributed by atoms with van der Waals surface area (Å²) >= 11 is 0. The van der Waals surface area contributed by atoms with Gasteiger partial charge in [-0.05, 0) is 5.92 Å². The van der Waals surface area contributed by atoms with E-state index in [1.54, 1.807) is 6.20 Å². The zero-order chi connectivity index (χ0) is 11.4. The summed E-state index contributed by atoms with van der Waals surface area (Å²) < 4.78 is 0. The molecule has 0 saturated carbocycles. The van der Waals surface area contributed by atoms with Gasteiger partial charge in [-0.3, -0.25) is 5.43 Å². The maximum atomic E-state index is 4.11. The van der Waals surface area contributed by atoms with Crippen molar-refractivity contribution in [3.8, 4) is 0 Å². The molecule has 0 aliphatic rings. The predicted molar refractivity (Wildman–Crippen MR) is 66.5 cm³/mol. The molecule has 0 amide bonds. The summed E-state index contributed by atoms with van der Waals surface area (Å²) in [5.41, 5.74) is 2.91. The summed E-state index contributed by atoms with van der Waals surface area (Å²) in [6.45, 7) is 4.14. The highest BCUT2D eigenvalue weighted by atomic mass is 15.3. The van der Waals surface area contributed by atoms with Crippen molar-refractivity contribution in [2.45, 2.75) is 13.8 Å². The molecule has 0 radical (unpaired) electrons. The number of hydrogen-bond donors (Lipinski definition) is 1. The van der Waals surface area contributed by atoms with E-state index in [0.29, 0.717) is 11.7 Å². The van der Waals surface area contributed by atoms with E-state index in [1.807, 2.05) is 30.5 Å². The zero-order valence-corrected chi connectivity index (χ0v) is 9.38. The lowest BCUT2D eigenvalue weighted by atomic mass is 10.2. The Balaban J connectivity index is 2.30. The van der Waals surface area contributed by atoms with Crippen molar-refractivity contribution in [1.29, 1.82) is 0 Å². The molecule has 0 atom stereocenters. The van der Waals surface area contributed by atoms with E-state index in [4.69, 9.17) is 0 Å². The van der Waals surface area contributed by atoms with Gasteiger partial charge in [0.05, 0.1) is 6.20 Å². The van der Waals surface area contributed by atoms with Crippen LogP contribution < -0.4 is 5.43 Å². The van der Waals surface area contributed by atoms with Crippen molar-refractivity contribution in [1.82, 2.24) is 10.2 Å². The Labute approximate surface area is 94.4 Å². The maximum absolute atomic E-state index is 4.11. The van der Waals surface area contributed by atoms with E-state index >= 15 is 0 Å². The van der Waals surface area contributed by atoms with Gasteiger partial charge in [0.15, 0.2) is 5.82 Å². The third-order valence-electron chi connectivity index (χ3n) is 2.11. The molecule has 2 rings (SSSR count). The van der Waals surface area contributed by atoms with Crippen molar-refractivity contribution >= 4 is 22.8 Å². The number of nitrogens with zero attached hydrogens (tertiary/aromatic N) is 3. The third-order valence-corrected chi connectivity index (χ3v) is 2.11. The molecule has 1 aromatic heterocycles. The van der Waals surface area contributed by atoms with E-state index in [0.717, 1.165) is 10.8 Å². The van der Waals surface area contributed by atoms with Gasteiger partial charge < -0.3 is 0 Å². The Morgan fingerprint density at radius 1 is 1.31 bits per heavy atom. The molecule has 0 aliphatic heterocycles. The molecular formula is C12H14N4. The summed E-state index contributed by atoms with van der Waals surface area (Å²) in [4.78, 5) is 0. The van der Waals surface area contributed by atoms with Crippen LogP contribution in [0.25, 0.3) is 10.8 Å². The molecule has 0 saturated heterocycles. The van der Waals surface area contributed by atoms with Crippen LogP contribution in [0.15, 0.2) is 35.6 Å². The molecule has 4 nitrogen and oxygen atoms in total. The van der Waals surface area contributed by atoms with Gasteiger partial charge >= 0.3 is 0 Å². The fourth-order valence-electron chi connectivity index (χ4n) is 1.36. The number of nitrogens with one attached hydrogen (secondary N) is 1. The molecule has 0 spiro atoms. The minimum Gasteiger partial charge on any atom is -0.260 e. The highest BCUT2D eigenvalue weighted by Gasteiger charge is 2.00. The van der Waals surface area contributed by atoms with Crippen molar-refractivity contribution < 1.29 is 0 Å². The van der Waals surface area contributed by atoms with Gasteiger partial charge in [-0.15, -0.1) is 5.10 Å². The van der Waals surface area contributed by atoms with Crippen LogP contribution in [0.5, 0.6) is 0 Å². The minimum atomic E-state index is 0.412. The second-order valence-corrected chi connectivity index (χ2v) is 3.91. The Morgan fingerprint density at radius 2 is 2.12 bits per heavy atom. The Bertz CT molecular complexity index is 500. The second-order valence-electron chi connectivity index (χ2n) is 3.91. The van der Waals surface area contributed by atoms with E-state index in [9.17, 15) is 0 Å². The van der Waals surface area contributed by atoms with Gasteiger partial charge in [-0.2, -0.15) is 10.2 Å². The van der Waals surface area contributed by atoms with Gasteiger partial charge in [0.25, 0.3) is 0 Å². The van der Waals surface area contributed by atoms with E-state index in [1.165, 1.54) is 0 Å². The maximum Gasteiger partial charge on any atom is 0.176 e. The molecule has 82 valence electrons. The predicted octanol–water partition coefficient (Wildman–Crippen LogP) is 2.68. The first-order chi connectivity index (χ1) is 7.77. The van der Waals surface area contributed by atoms with Crippen molar-refractivity contribution in [2.75, 3.05) is 5.43 Å². The van der Waals surface area contributed by atoms with E-state index in [2.05, 4.69) is 34.6 Å². The van der Waals surface area contributed by atoms with Crippen LogP contribution in [0.1, 0.15) is 13.8 Å². The molecule has 1 heterocycles. The molecule has 1 aromatic carbocycles. The van der Waals surface area contributed by atoms with Gasteiger partial charge in [-0.1, -0.05) is 38.1 Å². The number of anilines is 1. The molecular weight excluding hydrogens is 200 g/mol. The van der Waals surface area contributed by atoms with Gasteiger partial charge in [0.1, 0.15) is 0 Å². The highest BCUT2D eigenvalue weighted by molar-refractivity contribution is 5.90. The van der Waals surface area contributed by atoms with Crippen LogP contribution in [-0.2, 0) is 0 Å². The third kappa shape index (κ3) is 2.34. The first-order valence-electron chi connectivity index (χ1n) is 5.27. The van der Waals surface area contributed by atoms with E-state index in [-0.39, 0.29) is 0 Å². The second kappa shape index (κ2) is 4.70. The monoisotopic (exact) mass is 214 g/mol. The summed E-state index contributed by atoms with van der Waals surface area (Å²) in [5.74, 6) is 1.10. The van der Waals surface area contributed by atoms with Crippen LogP contribution in [0.4, 0.5) is 5.82 Å². The fraction of sp³-hybridized carbons (Fsp3) is 0.250. The summed E-state index contributed by atoms with van der Waals surface area (Å²) in [6, 6.07) is 7.95. The molecule has 1 N–H and O–H groups in total. The summed E-state index contributed by atoms with van der Waals surface area (Å²) in [5, 5.41) is 14.1. The van der Waals surface area contributed by atoms with Gasteiger partial charge in [-0.25, -0.2) is 0 Å². The molecule has 0 bridgehead atoms. The van der Waals surface area contributed by atoms with Gasteiger partial charge in [0.2, 0.25) is 0 Å². The van der Waals surface area contributed by atoms with Crippen LogP contribution in [0, 0.1) is 5.92 Å². The first-order valence-corrected chi connectivity index (χ1v) is 5.27. The van der Waals surface area contributed by atoms with Crippen LogP contribution >= 0.6 is 0 Å².